The number of methoxy groups -OCH3 is 1. The predicted molar refractivity (Wildman–Crippen MR) is 125 cm³/mol. The summed E-state index contributed by atoms with van der Waals surface area (Å²) in [6.07, 6.45) is 0. The van der Waals surface area contributed by atoms with Crippen molar-refractivity contribution < 1.29 is 9.53 Å². The molecule has 1 aromatic heterocycles. The number of ether oxygens (including phenoxy) is 1. The smallest absolute Gasteiger partial charge is 0.234 e. The number of hydrogen-bond acceptors (Lipinski definition) is 5. The van der Waals surface area contributed by atoms with Crippen LogP contribution >= 0.6 is 11.8 Å². The quantitative estimate of drug-likeness (QED) is 0.420. The molecule has 158 valence electrons. The van der Waals surface area contributed by atoms with Crippen LogP contribution in [0.5, 0.6) is 0 Å². The van der Waals surface area contributed by atoms with Crippen molar-refractivity contribution in [1.29, 1.82) is 0 Å². The molecule has 1 N–H and O–H groups in total. The van der Waals surface area contributed by atoms with Crippen molar-refractivity contribution >= 4 is 34.1 Å². The minimum absolute atomic E-state index is 0.0854. The maximum Gasteiger partial charge on any atom is 0.234 e. The topological polar surface area (TPSA) is 69.0 Å². The van der Waals surface area contributed by atoms with Crippen molar-refractivity contribution in [2.75, 3.05) is 18.2 Å². The largest absolute Gasteiger partial charge is 0.377 e. The summed E-state index contributed by atoms with van der Waals surface area (Å²) in [4.78, 5) is 12.6. The van der Waals surface area contributed by atoms with Gasteiger partial charge in [-0.05, 0) is 36.9 Å². The number of nitrogens with one attached hydrogen (secondary N) is 1. The van der Waals surface area contributed by atoms with Gasteiger partial charge in [0.1, 0.15) is 6.61 Å². The molecular formula is C24H24N4O2S. The Kier molecular flexibility index (Phi) is 6.34. The lowest BCUT2D eigenvalue weighted by atomic mass is 10.1. The number of benzene rings is 3. The second-order valence-corrected chi connectivity index (χ2v) is 8.26. The highest BCUT2D eigenvalue weighted by Crippen LogP contribution is 2.28. The maximum absolute atomic E-state index is 12.6. The second kappa shape index (κ2) is 9.32. The zero-order valence-corrected chi connectivity index (χ0v) is 18.6. The van der Waals surface area contributed by atoms with Gasteiger partial charge in [0.2, 0.25) is 5.91 Å². The molecule has 0 aliphatic rings. The van der Waals surface area contributed by atoms with Gasteiger partial charge in [-0.2, -0.15) is 0 Å². The number of anilines is 1. The van der Waals surface area contributed by atoms with Crippen LogP contribution in [0.4, 0.5) is 5.69 Å². The first kappa shape index (κ1) is 21.1. The fourth-order valence-electron chi connectivity index (χ4n) is 3.53. The molecule has 0 saturated carbocycles. The lowest BCUT2D eigenvalue weighted by Gasteiger charge is -2.13. The third-order valence-electron chi connectivity index (χ3n) is 4.97. The lowest BCUT2D eigenvalue weighted by molar-refractivity contribution is -0.113. The highest BCUT2D eigenvalue weighted by Gasteiger charge is 2.17. The number of fused-ring (bicyclic) bond motifs is 1. The first-order chi connectivity index (χ1) is 15.1. The number of aryl methyl sites for hydroxylation is 2. The van der Waals surface area contributed by atoms with E-state index in [0.717, 1.165) is 27.7 Å². The summed E-state index contributed by atoms with van der Waals surface area (Å²) in [6.45, 7) is 4.35. The van der Waals surface area contributed by atoms with E-state index in [0.29, 0.717) is 17.6 Å². The van der Waals surface area contributed by atoms with E-state index in [4.69, 9.17) is 4.74 Å². The molecule has 0 fully saturated rings. The van der Waals surface area contributed by atoms with Crippen LogP contribution in [-0.4, -0.2) is 33.5 Å². The molecule has 0 saturated heterocycles. The zero-order valence-electron chi connectivity index (χ0n) is 17.8. The van der Waals surface area contributed by atoms with Gasteiger partial charge in [0, 0.05) is 18.2 Å². The van der Waals surface area contributed by atoms with Gasteiger partial charge in [0.05, 0.1) is 11.4 Å². The normalized spacial score (nSPS) is 11.1. The standard InChI is InChI=1S/C24H24N4O2S/c1-16-11-12-20(17(2)13-16)25-23(29)15-31-24-27-26-22(14-30-3)28(24)21-10-6-8-18-7-4-5-9-19(18)21/h4-13H,14-15H2,1-3H3,(H,25,29). The SMILES string of the molecule is COCc1nnc(SCC(=O)Nc2ccc(C)cc2C)n1-c1cccc2ccccc12. The fourth-order valence-corrected chi connectivity index (χ4v) is 4.30. The Balaban J connectivity index is 1.60. The highest BCUT2D eigenvalue weighted by atomic mass is 32.2. The van der Waals surface area contributed by atoms with Crippen molar-refractivity contribution in [2.45, 2.75) is 25.6 Å². The van der Waals surface area contributed by atoms with Gasteiger partial charge < -0.3 is 10.1 Å². The average Bonchev–Trinajstić information content (AvgIpc) is 3.16. The molecule has 0 radical (unpaired) electrons. The predicted octanol–water partition coefficient (Wildman–Crippen LogP) is 4.91. The Hall–Kier alpha value is -3.16. The van der Waals surface area contributed by atoms with Crippen LogP contribution in [0, 0.1) is 13.8 Å². The maximum atomic E-state index is 12.6. The van der Waals surface area contributed by atoms with Gasteiger partial charge in [0.15, 0.2) is 11.0 Å². The van der Waals surface area contributed by atoms with E-state index in [2.05, 4.69) is 39.8 Å². The van der Waals surface area contributed by atoms with Crippen LogP contribution < -0.4 is 5.32 Å². The van der Waals surface area contributed by atoms with Crippen LogP contribution in [0.15, 0.2) is 65.8 Å². The zero-order chi connectivity index (χ0) is 21.8. The molecule has 4 rings (SSSR count). The number of amides is 1. The first-order valence-electron chi connectivity index (χ1n) is 9.98. The van der Waals surface area contributed by atoms with Gasteiger partial charge in [-0.15, -0.1) is 10.2 Å². The van der Waals surface area contributed by atoms with Gasteiger partial charge in [-0.3, -0.25) is 9.36 Å². The van der Waals surface area contributed by atoms with Crippen molar-refractivity contribution in [3.8, 4) is 5.69 Å². The molecule has 0 spiro atoms. The minimum atomic E-state index is -0.0854. The van der Waals surface area contributed by atoms with E-state index in [9.17, 15) is 4.79 Å². The first-order valence-corrected chi connectivity index (χ1v) is 11.0. The highest BCUT2D eigenvalue weighted by molar-refractivity contribution is 7.99. The number of rotatable bonds is 7. The summed E-state index contributed by atoms with van der Waals surface area (Å²) in [7, 11) is 1.63. The summed E-state index contributed by atoms with van der Waals surface area (Å²) in [6, 6.07) is 20.3. The van der Waals surface area contributed by atoms with Crippen LogP contribution in [0.1, 0.15) is 17.0 Å². The Bertz CT molecular complexity index is 1230. The van der Waals surface area contributed by atoms with E-state index in [-0.39, 0.29) is 11.7 Å². The molecule has 3 aromatic carbocycles. The van der Waals surface area contributed by atoms with Gasteiger partial charge >= 0.3 is 0 Å². The minimum Gasteiger partial charge on any atom is -0.377 e. The summed E-state index contributed by atoms with van der Waals surface area (Å²) >= 11 is 1.36. The molecule has 6 nitrogen and oxygen atoms in total. The number of carbonyl (C=O) groups is 1. The summed E-state index contributed by atoms with van der Waals surface area (Å²) < 4.78 is 7.30. The second-order valence-electron chi connectivity index (χ2n) is 7.32. The van der Waals surface area contributed by atoms with Crippen molar-refractivity contribution in [2.24, 2.45) is 0 Å². The molecule has 31 heavy (non-hydrogen) atoms. The molecule has 0 aliphatic carbocycles. The van der Waals surface area contributed by atoms with E-state index in [1.807, 2.05) is 54.8 Å². The van der Waals surface area contributed by atoms with Crippen LogP contribution in [0.25, 0.3) is 16.5 Å². The summed E-state index contributed by atoms with van der Waals surface area (Å²) in [5.74, 6) is 0.831. The fraction of sp³-hybridized carbons (Fsp3) is 0.208. The third kappa shape index (κ3) is 4.62. The van der Waals surface area contributed by atoms with E-state index in [1.165, 1.54) is 17.3 Å². The van der Waals surface area contributed by atoms with Gasteiger partial charge in [-0.25, -0.2) is 0 Å². The number of hydrogen-bond donors (Lipinski definition) is 1. The Labute approximate surface area is 185 Å². The molecule has 0 aliphatic heterocycles. The molecular weight excluding hydrogens is 408 g/mol. The summed E-state index contributed by atoms with van der Waals surface area (Å²) in [5, 5.41) is 14.5. The monoisotopic (exact) mass is 432 g/mol. The lowest BCUT2D eigenvalue weighted by Crippen LogP contribution is -2.15. The average molecular weight is 433 g/mol. The molecule has 1 amide bonds. The van der Waals surface area contributed by atoms with Crippen LogP contribution in [0.3, 0.4) is 0 Å². The molecule has 7 heteroatoms. The van der Waals surface area contributed by atoms with Gasteiger partial charge in [0.25, 0.3) is 0 Å². The molecule has 4 aromatic rings. The molecule has 0 atom stereocenters. The van der Waals surface area contributed by atoms with E-state index in [1.54, 1.807) is 7.11 Å². The molecule has 1 heterocycles. The van der Waals surface area contributed by atoms with Gasteiger partial charge in [-0.1, -0.05) is 65.9 Å². The number of aromatic nitrogens is 3. The van der Waals surface area contributed by atoms with E-state index >= 15 is 0 Å². The number of thioether (sulfide) groups is 1. The Morgan fingerprint density at radius 3 is 2.68 bits per heavy atom. The van der Waals surface area contributed by atoms with Crippen LogP contribution in [0.2, 0.25) is 0 Å². The third-order valence-corrected chi connectivity index (χ3v) is 5.90. The Morgan fingerprint density at radius 1 is 1.06 bits per heavy atom. The number of carbonyl (C=O) groups excluding carboxylic acids is 1. The van der Waals surface area contributed by atoms with Crippen molar-refractivity contribution in [1.82, 2.24) is 14.8 Å². The van der Waals surface area contributed by atoms with Crippen molar-refractivity contribution in [3.63, 3.8) is 0 Å². The molecule has 0 bridgehead atoms. The van der Waals surface area contributed by atoms with E-state index < -0.39 is 0 Å². The Morgan fingerprint density at radius 2 is 1.87 bits per heavy atom. The number of nitrogens with zero attached hydrogens (tertiary/aromatic N) is 3. The molecule has 0 unspecified atom stereocenters. The summed E-state index contributed by atoms with van der Waals surface area (Å²) in [5.41, 5.74) is 4.00. The van der Waals surface area contributed by atoms with Crippen molar-refractivity contribution in [3.05, 3.63) is 77.6 Å². The van der Waals surface area contributed by atoms with Crippen LogP contribution in [-0.2, 0) is 16.1 Å².